The molecule has 94 valence electrons. The van der Waals surface area contributed by atoms with Crippen molar-refractivity contribution in [2.75, 3.05) is 0 Å². The van der Waals surface area contributed by atoms with Gasteiger partial charge in [-0.05, 0) is 50.7 Å². The van der Waals surface area contributed by atoms with Crippen LogP contribution < -0.4 is 0 Å². The Bertz CT molecular complexity index is 249. The molecule has 16 heavy (non-hydrogen) atoms. The molecule has 0 amide bonds. The second-order valence-corrected chi connectivity index (χ2v) is 4.94. The summed E-state index contributed by atoms with van der Waals surface area (Å²) in [4.78, 5) is 0. The molecule has 0 aliphatic rings. The summed E-state index contributed by atoms with van der Waals surface area (Å²) in [7, 11) is 0. The number of aliphatic hydroxyl groups is 1. The molecule has 0 atom stereocenters. The Morgan fingerprint density at radius 2 is 1.69 bits per heavy atom. The van der Waals surface area contributed by atoms with Crippen molar-refractivity contribution in [2.45, 2.75) is 78.7 Å². The number of hydrogen-bond donors (Lipinski definition) is 1. The van der Waals surface area contributed by atoms with E-state index in [2.05, 4.69) is 40.3 Å². The molecule has 1 nitrogen and oxygen atoms in total. The van der Waals surface area contributed by atoms with E-state index >= 15 is 0 Å². The Balaban J connectivity index is 4.74. The summed E-state index contributed by atoms with van der Waals surface area (Å²) in [6.07, 6.45) is 5.89. The van der Waals surface area contributed by atoms with Crippen LogP contribution in [0.25, 0.3) is 0 Å². The maximum atomic E-state index is 10.3. The summed E-state index contributed by atoms with van der Waals surface area (Å²) in [6, 6.07) is 0. The quantitative estimate of drug-likeness (QED) is 0.626. The molecule has 0 rings (SSSR count). The van der Waals surface area contributed by atoms with Gasteiger partial charge in [-0.25, -0.2) is 0 Å². The summed E-state index contributed by atoms with van der Waals surface area (Å²) in [6.45, 7) is 10.5. The average molecular weight is 224 g/mol. The predicted molar refractivity (Wildman–Crippen MR) is 71.6 cm³/mol. The Labute approximate surface area is 101 Å². The molecule has 1 heteroatoms. The number of hydrogen-bond acceptors (Lipinski definition) is 1. The molecular weight excluding hydrogens is 196 g/mol. The van der Waals surface area contributed by atoms with Gasteiger partial charge in [0, 0.05) is 6.42 Å². The van der Waals surface area contributed by atoms with Gasteiger partial charge in [0.15, 0.2) is 0 Å². The minimum Gasteiger partial charge on any atom is -0.390 e. The predicted octanol–water partition coefficient (Wildman–Crippen LogP) is 4.61. The van der Waals surface area contributed by atoms with Crippen LogP contribution in [0.5, 0.6) is 0 Å². The fourth-order valence-electron chi connectivity index (χ4n) is 1.84. The maximum absolute atomic E-state index is 10.3. The van der Waals surface area contributed by atoms with Gasteiger partial charge in [-0.1, -0.05) is 27.2 Å². The van der Waals surface area contributed by atoms with Crippen LogP contribution in [0.1, 0.15) is 73.1 Å². The molecule has 0 spiro atoms. The van der Waals surface area contributed by atoms with Crippen molar-refractivity contribution < 1.29 is 5.11 Å². The van der Waals surface area contributed by atoms with Gasteiger partial charge in [0.05, 0.1) is 5.60 Å². The normalized spacial score (nSPS) is 11.1. The van der Waals surface area contributed by atoms with Crippen molar-refractivity contribution in [3.05, 3.63) is 16.9 Å². The van der Waals surface area contributed by atoms with Crippen LogP contribution in [0.2, 0.25) is 0 Å². The van der Waals surface area contributed by atoms with Gasteiger partial charge in [-0.2, -0.15) is 0 Å². The van der Waals surface area contributed by atoms with E-state index in [1.54, 1.807) is 0 Å². The van der Waals surface area contributed by atoms with Gasteiger partial charge in [0.2, 0.25) is 0 Å². The molecule has 0 radical (unpaired) electrons. The first-order valence-corrected chi connectivity index (χ1v) is 6.61. The Morgan fingerprint density at radius 3 is 2.06 bits per heavy atom. The third kappa shape index (κ3) is 6.15. The minimum absolute atomic E-state index is 0.522. The second-order valence-electron chi connectivity index (χ2n) is 4.94. The first-order chi connectivity index (χ1) is 7.47. The van der Waals surface area contributed by atoms with Crippen LogP contribution in [0.15, 0.2) is 16.9 Å². The molecule has 0 saturated heterocycles. The Kier molecular flexibility index (Phi) is 7.45. The summed E-state index contributed by atoms with van der Waals surface area (Å²) in [5.74, 6) is 0. The average Bonchev–Trinajstić information content (AvgIpc) is 2.25. The molecule has 0 aromatic carbocycles. The van der Waals surface area contributed by atoms with E-state index in [1.165, 1.54) is 24.0 Å². The summed E-state index contributed by atoms with van der Waals surface area (Å²) < 4.78 is 0. The molecular formula is C15H28O. The first-order valence-electron chi connectivity index (χ1n) is 6.61. The lowest BCUT2D eigenvalue weighted by atomic mass is 9.87. The van der Waals surface area contributed by atoms with Crippen molar-refractivity contribution in [3.63, 3.8) is 0 Å². The van der Waals surface area contributed by atoms with Gasteiger partial charge in [-0.3, -0.25) is 0 Å². The molecule has 0 aliphatic heterocycles. The minimum atomic E-state index is -0.522. The molecule has 0 aromatic rings. The van der Waals surface area contributed by atoms with E-state index < -0.39 is 5.60 Å². The van der Waals surface area contributed by atoms with Crippen molar-refractivity contribution in [1.82, 2.24) is 0 Å². The fraction of sp³-hybridized carbons (Fsp3) is 0.800. The highest BCUT2D eigenvalue weighted by Crippen LogP contribution is 2.26. The maximum Gasteiger partial charge on any atom is 0.0685 e. The summed E-state index contributed by atoms with van der Waals surface area (Å²) in [5.41, 5.74) is 5.38. The first kappa shape index (κ1) is 15.5. The molecule has 0 aromatic heterocycles. The third-order valence-corrected chi connectivity index (χ3v) is 3.12. The van der Waals surface area contributed by atoms with Crippen molar-refractivity contribution in [2.24, 2.45) is 0 Å². The number of unbranched alkanes of at least 4 members (excludes halogenated alkanes) is 1. The summed E-state index contributed by atoms with van der Waals surface area (Å²) in [5, 5.41) is 10.3. The van der Waals surface area contributed by atoms with Crippen LogP contribution in [-0.2, 0) is 0 Å². The largest absolute Gasteiger partial charge is 0.390 e. The van der Waals surface area contributed by atoms with E-state index in [4.69, 9.17) is 0 Å². The zero-order valence-corrected chi connectivity index (χ0v) is 11.7. The monoisotopic (exact) mass is 224 g/mol. The summed E-state index contributed by atoms with van der Waals surface area (Å²) >= 11 is 0. The van der Waals surface area contributed by atoms with Crippen LogP contribution >= 0.6 is 0 Å². The Hall–Kier alpha value is -0.520. The van der Waals surface area contributed by atoms with Gasteiger partial charge in [0.25, 0.3) is 0 Å². The van der Waals surface area contributed by atoms with Crippen LogP contribution in [-0.4, -0.2) is 10.7 Å². The molecule has 1 N–H and O–H groups in total. The van der Waals surface area contributed by atoms with Gasteiger partial charge >= 0.3 is 0 Å². The standard InChI is InChI=1S/C15H28O/c1-6-9-10-14(11-13(4)5)12-15(16,7-2)8-3/h16H,6-10,12H2,1-5H3. The van der Waals surface area contributed by atoms with Crippen molar-refractivity contribution in [3.8, 4) is 0 Å². The second kappa shape index (κ2) is 7.70. The lowest BCUT2D eigenvalue weighted by Crippen LogP contribution is -2.27. The molecule has 0 aliphatic carbocycles. The SMILES string of the molecule is CCCCC(=C=C(C)C)CC(O)(CC)CC. The van der Waals surface area contributed by atoms with Crippen LogP contribution in [0, 0.1) is 0 Å². The van der Waals surface area contributed by atoms with Crippen molar-refractivity contribution in [1.29, 1.82) is 0 Å². The number of rotatable bonds is 7. The van der Waals surface area contributed by atoms with Crippen LogP contribution in [0.4, 0.5) is 0 Å². The van der Waals surface area contributed by atoms with E-state index in [0.717, 1.165) is 25.7 Å². The lowest BCUT2D eigenvalue weighted by molar-refractivity contribution is 0.0319. The van der Waals surface area contributed by atoms with Gasteiger partial charge in [0.1, 0.15) is 0 Å². The van der Waals surface area contributed by atoms with Gasteiger partial charge < -0.3 is 5.11 Å². The smallest absolute Gasteiger partial charge is 0.0685 e. The zero-order valence-electron chi connectivity index (χ0n) is 11.7. The highest BCUT2D eigenvalue weighted by Gasteiger charge is 2.23. The zero-order chi connectivity index (χ0) is 12.6. The van der Waals surface area contributed by atoms with E-state index in [0.29, 0.717) is 0 Å². The van der Waals surface area contributed by atoms with E-state index in [1.807, 2.05) is 0 Å². The van der Waals surface area contributed by atoms with E-state index in [-0.39, 0.29) is 0 Å². The molecule has 0 unspecified atom stereocenters. The highest BCUT2D eigenvalue weighted by atomic mass is 16.3. The van der Waals surface area contributed by atoms with Gasteiger partial charge in [-0.15, -0.1) is 5.73 Å². The third-order valence-electron chi connectivity index (χ3n) is 3.12. The van der Waals surface area contributed by atoms with E-state index in [9.17, 15) is 5.11 Å². The lowest BCUT2D eigenvalue weighted by Gasteiger charge is -2.26. The van der Waals surface area contributed by atoms with Crippen LogP contribution in [0.3, 0.4) is 0 Å². The Morgan fingerprint density at radius 1 is 1.12 bits per heavy atom. The highest BCUT2D eigenvalue weighted by molar-refractivity contribution is 5.09. The molecule has 0 fully saturated rings. The molecule has 0 heterocycles. The molecule has 0 bridgehead atoms. The van der Waals surface area contributed by atoms with Crippen molar-refractivity contribution >= 4 is 0 Å². The fourth-order valence-corrected chi connectivity index (χ4v) is 1.84. The molecule has 0 saturated carbocycles. The topological polar surface area (TPSA) is 20.2 Å².